The molecule has 0 aliphatic carbocycles. The van der Waals surface area contributed by atoms with Crippen LogP contribution in [0.2, 0.25) is 0 Å². The van der Waals surface area contributed by atoms with Crippen molar-refractivity contribution in [1.82, 2.24) is 25.5 Å². The highest BCUT2D eigenvalue weighted by atomic mass is 16.5. The van der Waals surface area contributed by atoms with Gasteiger partial charge in [0.05, 0.1) is 7.11 Å². The van der Waals surface area contributed by atoms with Crippen LogP contribution in [-0.4, -0.2) is 33.2 Å². The van der Waals surface area contributed by atoms with E-state index in [4.69, 9.17) is 4.74 Å². The summed E-state index contributed by atoms with van der Waals surface area (Å²) in [6.07, 6.45) is 0. The van der Waals surface area contributed by atoms with E-state index in [1.807, 2.05) is 55.5 Å². The molecule has 1 N–H and O–H groups in total. The van der Waals surface area contributed by atoms with E-state index in [-0.39, 0.29) is 12.5 Å². The standard InChI is InChI=1S/C18H19N5O2/c1-13-7-9-14(10-8-13)18-20-22-23(21-18)12-17(24)19-11-15-5-3-4-6-16(15)25-2/h3-10H,11-12H2,1-2H3,(H,19,24). The number of aromatic nitrogens is 4. The van der Waals surface area contributed by atoms with Gasteiger partial charge in [0, 0.05) is 17.7 Å². The third-order valence-corrected chi connectivity index (χ3v) is 3.72. The Morgan fingerprint density at radius 3 is 2.68 bits per heavy atom. The molecule has 7 nitrogen and oxygen atoms in total. The number of tetrazole rings is 1. The number of aryl methyl sites for hydroxylation is 1. The van der Waals surface area contributed by atoms with Crippen molar-refractivity contribution in [1.29, 1.82) is 0 Å². The molecule has 0 atom stereocenters. The summed E-state index contributed by atoms with van der Waals surface area (Å²) in [6.45, 7) is 2.40. The summed E-state index contributed by atoms with van der Waals surface area (Å²) in [5.74, 6) is 1.04. The van der Waals surface area contributed by atoms with Crippen molar-refractivity contribution < 1.29 is 9.53 Å². The average molecular weight is 337 g/mol. The molecule has 0 aliphatic heterocycles. The van der Waals surface area contributed by atoms with Crippen molar-refractivity contribution in [2.24, 2.45) is 0 Å². The first kappa shape index (κ1) is 16.6. The molecular weight excluding hydrogens is 318 g/mol. The molecule has 0 unspecified atom stereocenters. The van der Waals surface area contributed by atoms with Gasteiger partial charge in [-0.25, -0.2) is 0 Å². The molecule has 1 amide bonds. The number of carbonyl (C=O) groups is 1. The fourth-order valence-corrected chi connectivity index (χ4v) is 2.36. The Kier molecular flexibility index (Phi) is 5.03. The third kappa shape index (κ3) is 4.20. The number of amides is 1. The molecule has 1 heterocycles. The van der Waals surface area contributed by atoms with E-state index in [0.29, 0.717) is 12.4 Å². The maximum absolute atomic E-state index is 12.1. The first-order chi connectivity index (χ1) is 12.2. The zero-order valence-corrected chi connectivity index (χ0v) is 14.1. The molecule has 1 aromatic heterocycles. The predicted molar refractivity (Wildman–Crippen MR) is 92.8 cm³/mol. The summed E-state index contributed by atoms with van der Waals surface area (Å²) in [5, 5.41) is 15.0. The number of hydrogen-bond donors (Lipinski definition) is 1. The van der Waals surface area contributed by atoms with Gasteiger partial charge in [0.1, 0.15) is 12.3 Å². The van der Waals surface area contributed by atoms with Crippen LogP contribution in [0.4, 0.5) is 0 Å². The predicted octanol–water partition coefficient (Wildman–Crippen LogP) is 1.97. The first-order valence-corrected chi connectivity index (χ1v) is 7.89. The number of hydrogen-bond acceptors (Lipinski definition) is 5. The molecule has 0 saturated heterocycles. The van der Waals surface area contributed by atoms with Crippen molar-refractivity contribution >= 4 is 5.91 Å². The van der Waals surface area contributed by atoms with E-state index in [0.717, 1.165) is 22.4 Å². The van der Waals surface area contributed by atoms with Gasteiger partial charge in [-0.3, -0.25) is 4.79 Å². The van der Waals surface area contributed by atoms with Crippen LogP contribution in [0, 0.1) is 6.92 Å². The zero-order chi connectivity index (χ0) is 17.6. The molecule has 0 radical (unpaired) electrons. The maximum Gasteiger partial charge on any atom is 0.243 e. The normalized spacial score (nSPS) is 10.5. The van der Waals surface area contributed by atoms with E-state index >= 15 is 0 Å². The Balaban J connectivity index is 1.59. The smallest absolute Gasteiger partial charge is 0.243 e. The quantitative estimate of drug-likeness (QED) is 0.744. The van der Waals surface area contributed by atoms with Crippen molar-refractivity contribution in [3.8, 4) is 17.1 Å². The largest absolute Gasteiger partial charge is 0.496 e. The van der Waals surface area contributed by atoms with Gasteiger partial charge in [-0.2, -0.15) is 4.80 Å². The maximum atomic E-state index is 12.1. The molecule has 2 aromatic carbocycles. The van der Waals surface area contributed by atoms with Gasteiger partial charge >= 0.3 is 0 Å². The van der Waals surface area contributed by atoms with Crippen LogP contribution in [0.25, 0.3) is 11.4 Å². The minimum absolute atomic E-state index is 0.00795. The van der Waals surface area contributed by atoms with E-state index in [1.54, 1.807) is 7.11 Å². The fourth-order valence-electron chi connectivity index (χ4n) is 2.36. The minimum atomic E-state index is -0.196. The van der Waals surface area contributed by atoms with E-state index in [2.05, 4.69) is 20.7 Å². The fraction of sp³-hybridized carbons (Fsp3) is 0.222. The second-order valence-corrected chi connectivity index (χ2v) is 5.60. The molecule has 7 heteroatoms. The van der Waals surface area contributed by atoms with Crippen LogP contribution in [0.3, 0.4) is 0 Å². The van der Waals surface area contributed by atoms with Gasteiger partial charge < -0.3 is 10.1 Å². The lowest BCUT2D eigenvalue weighted by molar-refractivity contribution is -0.122. The summed E-state index contributed by atoms with van der Waals surface area (Å²) in [4.78, 5) is 13.4. The molecule has 0 bridgehead atoms. The molecule has 3 rings (SSSR count). The second kappa shape index (κ2) is 7.57. The molecular formula is C18H19N5O2. The van der Waals surface area contributed by atoms with Crippen LogP contribution in [-0.2, 0) is 17.9 Å². The summed E-state index contributed by atoms with van der Waals surface area (Å²) in [5.41, 5.74) is 2.93. The van der Waals surface area contributed by atoms with Gasteiger partial charge in [-0.15, -0.1) is 10.2 Å². The van der Waals surface area contributed by atoms with Crippen LogP contribution in [0.1, 0.15) is 11.1 Å². The van der Waals surface area contributed by atoms with Crippen LogP contribution in [0.5, 0.6) is 5.75 Å². The topological polar surface area (TPSA) is 81.9 Å². The Bertz CT molecular complexity index is 858. The van der Waals surface area contributed by atoms with Crippen molar-refractivity contribution in [2.75, 3.05) is 7.11 Å². The van der Waals surface area contributed by atoms with Crippen LogP contribution >= 0.6 is 0 Å². The monoisotopic (exact) mass is 337 g/mol. The van der Waals surface area contributed by atoms with Crippen molar-refractivity contribution in [3.63, 3.8) is 0 Å². The SMILES string of the molecule is COc1ccccc1CNC(=O)Cn1nnc(-c2ccc(C)cc2)n1. The summed E-state index contributed by atoms with van der Waals surface area (Å²) < 4.78 is 5.27. The number of carbonyl (C=O) groups excluding carboxylic acids is 1. The lowest BCUT2D eigenvalue weighted by Gasteiger charge is -2.09. The molecule has 0 aliphatic rings. The van der Waals surface area contributed by atoms with E-state index in [1.165, 1.54) is 4.80 Å². The van der Waals surface area contributed by atoms with Crippen molar-refractivity contribution in [2.45, 2.75) is 20.0 Å². The Morgan fingerprint density at radius 1 is 1.16 bits per heavy atom. The Hall–Kier alpha value is -3.22. The number of nitrogens with one attached hydrogen (secondary N) is 1. The van der Waals surface area contributed by atoms with Crippen molar-refractivity contribution in [3.05, 3.63) is 59.7 Å². The van der Waals surface area contributed by atoms with Gasteiger partial charge in [0.2, 0.25) is 11.7 Å². The number of para-hydroxylation sites is 1. The lowest BCUT2D eigenvalue weighted by Crippen LogP contribution is -2.28. The highest BCUT2D eigenvalue weighted by Crippen LogP contribution is 2.16. The number of benzene rings is 2. The van der Waals surface area contributed by atoms with Gasteiger partial charge in [0.25, 0.3) is 0 Å². The number of nitrogens with zero attached hydrogens (tertiary/aromatic N) is 4. The highest BCUT2D eigenvalue weighted by Gasteiger charge is 2.10. The van der Waals surface area contributed by atoms with Gasteiger partial charge in [-0.1, -0.05) is 48.0 Å². The molecule has 0 saturated carbocycles. The van der Waals surface area contributed by atoms with Gasteiger partial charge in [-0.05, 0) is 18.2 Å². The first-order valence-electron chi connectivity index (χ1n) is 7.89. The van der Waals surface area contributed by atoms with E-state index < -0.39 is 0 Å². The second-order valence-electron chi connectivity index (χ2n) is 5.60. The highest BCUT2D eigenvalue weighted by molar-refractivity contribution is 5.75. The van der Waals surface area contributed by atoms with Crippen LogP contribution in [0.15, 0.2) is 48.5 Å². The lowest BCUT2D eigenvalue weighted by atomic mass is 10.1. The molecule has 0 fully saturated rings. The van der Waals surface area contributed by atoms with E-state index in [9.17, 15) is 4.79 Å². The van der Waals surface area contributed by atoms with Gasteiger partial charge in [0.15, 0.2) is 0 Å². The summed E-state index contributed by atoms with van der Waals surface area (Å²) >= 11 is 0. The number of methoxy groups -OCH3 is 1. The zero-order valence-electron chi connectivity index (χ0n) is 14.1. The third-order valence-electron chi connectivity index (χ3n) is 3.72. The number of rotatable bonds is 6. The Labute approximate surface area is 145 Å². The number of ether oxygens (including phenoxy) is 1. The Morgan fingerprint density at radius 2 is 1.92 bits per heavy atom. The minimum Gasteiger partial charge on any atom is -0.496 e. The summed E-state index contributed by atoms with van der Waals surface area (Å²) in [7, 11) is 1.60. The molecule has 25 heavy (non-hydrogen) atoms. The average Bonchev–Trinajstić information content (AvgIpc) is 3.09. The molecule has 3 aromatic rings. The van der Waals surface area contributed by atoms with Crippen LogP contribution < -0.4 is 10.1 Å². The molecule has 128 valence electrons. The summed E-state index contributed by atoms with van der Waals surface area (Å²) in [6, 6.07) is 15.4. The molecule has 0 spiro atoms.